The molecule has 1 aromatic rings. The SMILES string of the molecule is COc1ccc(S(=O)(=O)N2CCN(C(=O)C=C(C)C)CC2)cc1. The number of allylic oxidation sites excluding steroid dienone is 1. The molecule has 1 aliphatic heterocycles. The number of nitrogens with zero attached hydrogens (tertiary/aromatic N) is 2. The summed E-state index contributed by atoms with van der Waals surface area (Å²) in [4.78, 5) is 13.9. The Hall–Kier alpha value is -1.86. The molecule has 1 amide bonds. The standard InChI is InChI=1S/C16H22N2O4S/c1-13(2)12-16(19)17-8-10-18(11-9-17)23(20,21)15-6-4-14(22-3)5-7-15/h4-7,12H,8-11H2,1-3H3. The van der Waals surface area contributed by atoms with Crippen molar-refractivity contribution in [2.24, 2.45) is 0 Å². The normalized spacial score (nSPS) is 16.0. The van der Waals surface area contributed by atoms with E-state index < -0.39 is 10.0 Å². The monoisotopic (exact) mass is 338 g/mol. The minimum absolute atomic E-state index is 0.0634. The van der Waals surface area contributed by atoms with Crippen LogP contribution in [0.3, 0.4) is 0 Å². The molecule has 1 aromatic carbocycles. The molecule has 1 heterocycles. The predicted molar refractivity (Wildman–Crippen MR) is 87.8 cm³/mol. The van der Waals surface area contributed by atoms with Gasteiger partial charge in [0.1, 0.15) is 5.75 Å². The first-order valence-electron chi connectivity index (χ1n) is 7.42. The molecule has 0 unspecified atom stereocenters. The van der Waals surface area contributed by atoms with Gasteiger partial charge in [-0.05, 0) is 38.1 Å². The number of sulfonamides is 1. The van der Waals surface area contributed by atoms with Crippen molar-refractivity contribution in [3.63, 3.8) is 0 Å². The highest BCUT2D eigenvalue weighted by molar-refractivity contribution is 7.89. The largest absolute Gasteiger partial charge is 0.497 e. The third kappa shape index (κ3) is 4.11. The number of piperazine rings is 1. The quantitative estimate of drug-likeness (QED) is 0.780. The van der Waals surface area contributed by atoms with E-state index in [1.54, 1.807) is 23.1 Å². The van der Waals surface area contributed by atoms with E-state index in [2.05, 4.69) is 0 Å². The number of hydrogen-bond acceptors (Lipinski definition) is 4. The number of methoxy groups -OCH3 is 1. The molecule has 1 saturated heterocycles. The van der Waals surface area contributed by atoms with Crippen molar-refractivity contribution in [2.75, 3.05) is 33.3 Å². The number of ether oxygens (including phenoxy) is 1. The van der Waals surface area contributed by atoms with Crippen molar-refractivity contribution in [3.05, 3.63) is 35.9 Å². The maximum atomic E-state index is 12.6. The van der Waals surface area contributed by atoms with Crippen molar-refractivity contribution in [1.29, 1.82) is 0 Å². The van der Waals surface area contributed by atoms with E-state index in [9.17, 15) is 13.2 Å². The number of hydrogen-bond donors (Lipinski definition) is 0. The van der Waals surface area contributed by atoms with Crippen molar-refractivity contribution in [2.45, 2.75) is 18.7 Å². The molecule has 0 N–H and O–H groups in total. The van der Waals surface area contributed by atoms with E-state index in [0.29, 0.717) is 31.9 Å². The number of carbonyl (C=O) groups is 1. The molecule has 1 fully saturated rings. The Morgan fingerprint density at radius 2 is 1.65 bits per heavy atom. The second kappa shape index (κ2) is 7.14. The summed E-state index contributed by atoms with van der Waals surface area (Å²) in [5.41, 5.74) is 0.934. The van der Waals surface area contributed by atoms with Gasteiger partial charge in [-0.25, -0.2) is 8.42 Å². The highest BCUT2D eigenvalue weighted by Crippen LogP contribution is 2.20. The molecule has 0 atom stereocenters. The maximum absolute atomic E-state index is 12.6. The van der Waals surface area contributed by atoms with Gasteiger partial charge in [0.25, 0.3) is 0 Å². The highest BCUT2D eigenvalue weighted by Gasteiger charge is 2.29. The zero-order valence-electron chi connectivity index (χ0n) is 13.7. The molecule has 0 spiro atoms. The first kappa shape index (κ1) is 17.5. The van der Waals surface area contributed by atoms with E-state index in [0.717, 1.165) is 5.57 Å². The fourth-order valence-electron chi connectivity index (χ4n) is 2.38. The molecule has 0 radical (unpaired) electrons. The smallest absolute Gasteiger partial charge is 0.246 e. The number of amides is 1. The Morgan fingerprint density at radius 1 is 1.09 bits per heavy atom. The van der Waals surface area contributed by atoms with Crippen molar-refractivity contribution in [1.82, 2.24) is 9.21 Å². The lowest BCUT2D eigenvalue weighted by molar-refractivity contribution is -0.127. The van der Waals surface area contributed by atoms with E-state index in [1.807, 2.05) is 13.8 Å². The first-order valence-corrected chi connectivity index (χ1v) is 8.86. The van der Waals surface area contributed by atoms with Crippen LogP contribution in [-0.2, 0) is 14.8 Å². The third-order valence-electron chi connectivity index (χ3n) is 3.66. The van der Waals surface area contributed by atoms with Crippen LogP contribution >= 0.6 is 0 Å². The summed E-state index contributed by atoms with van der Waals surface area (Å²) in [5.74, 6) is 0.549. The van der Waals surface area contributed by atoms with Crippen LogP contribution < -0.4 is 4.74 Å². The van der Waals surface area contributed by atoms with Crippen molar-refractivity contribution >= 4 is 15.9 Å². The number of benzene rings is 1. The molecule has 0 aromatic heterocycles. The van der Waals surface area contributed by atoms with Gasteiger partial charge in [0.15, 0.2) is 0 Å². The molecule has 6 nitrogen and oxygen atoms in total. The van der Waals surface area contributed by atoms with E-state index in [4.69, 9.17) is 4.74 Å². The molecule has 23 heavy (non-hydrogen) atoms. The molecule has 7 heteroatoms. The van der Waals surface area contributed by atoms with Crippen LogP contribution in [0.25, 0.3) is 0 Å². The molecule has 126 valence electrons. The molecule has 0 saturated carbocycles. The topological polar surface area (TPSA) is 66.9 Å². The van der Waals surface area contributed by atoms with E-state index >= 15 is 0 Å². The molecular weight excluding hydrogens is 316 g/mol. The first-order chi connectivity index (χ1) is 10.8. The van der Waals surface area contributed by atoms with Gasteiger partial charge in [-0.3, -0.25) is 4.79 Å². The zero-order chi connectivity index (χ0) is 17.0. The van der Waals surface area contributed by atoms with Crippen molar-refractivity contribution < 1.29 is 17.9 Å². The second-order valence-electron chi connectivity index (χ2n) is 5.63. The molecule has 1 aliphatic rings. The van der Waals surface area contributed by atoms with Gasteiger partial charge in [-0.15, -0.1) is 0 Å². The van der Waals surface area contributed by atoms with Crippen LogP contribution in [0.1, 0.15) is 13.8 Å². The lowest BCUT2D eigenvalue weighted by atomic mass is 10.3. The minimum Gasteiger partial charge on any atom is -0.497 e. The van der Waals surface area contributed by atoms with Gasteiger partial charge in [-0.2, -0.15) is 4.31 Å². The van der Waals surface area contributed by atoms with Crippen molar-refractivity contribution in [3.8, 4) is 5.75 Å². The third-order valence-corrected chi connectivity index (χ3v) is 5.57. The van der Waals surface area contributed by atoms with Gasteiger partial charge in [0, 0.05) is 32.3 Å². The predicted octanol–water partition coefficient (Wildman–Crippen LogP) is 1.49. The van der Waals surface area contributed by atoms with Gasteiger partial charge in [0.05, 0.1) is 12.0 Å². The molecule has 0 bridgehead atoms. The Morgan fingerprint density at radius 3 is 2.13 bits per heavy atom. The van der Waals surface area contributed by atoms with Crippen LogP contribution in [0.5, 0.6) is 5.75 Å². The minimum atomic E-state index is -3.53. The van der Waals surface area contributed by atoms with Crippen LogP contribution in [-0.4, -0.2) is 56.8 Å². The second-order valence-corrected chi connectivity index (χ2v) is 7.56. The summed E-state index contributed by atoms with van der Waals surface area (Å²) >= 11 is 0. The summed E-state index contributed by atoms with van der Waals surface area (Å²) in [6.45, 7) is 5.13. The molecule has 0 aliphatic carbocycles. The number of rotatable bonds is 4. The summed E-state index contributed by atoms with van der Waals surface area (Å²) in [6.07, 6.45) is 1.58. The zero-order valence-corrected chi connectivity index (χ0v) is 14.5. The Labute approximate surface area is 137 Å². The summed E-state index contributed by atoms with van der Waals surface area (Å²) in [5, 5.41) is 0. The lowest BCUT2D eigenvalue weighted by Gasteiger charge is -2.33. The summed E-state index contributed by atoms with van der Waals surface area (Å²) in [6, 6.07) is 6.33. The van der Waals surface area contributed by atoms with Crippen LogP contribution in [0, 0.1) is 0 Å². The van der Waals surface area contributed by atoms with Crippen LogP contribution in [0.2, 0.25) is 0 Å². The Kier molecular flexibility index (Phi) is 5.43. The highest BCUT2D eigenvalue weighted by atomic mass is 32.2. The number of carbonyl (C=O) groups excluding carboxylic acids is 1. The van der Waals surface area contributed by atoms with Gasteiger partial charge in [0.2, 0.25) is 15.9 Å². The lowest BCUT2D eigenvalue weighted by Crippen LogP contribution is -2.50. The summed E-state index contributed by atoms with van der Waals surface area (Å²) < 4.78 is 31.7. The average molecular weight is 338 g/mol. The fraction of sp³-hybridized carbons (Fsp3) is 0.438. The average Bonchev–Trinajstić information content (AvgIpc) is 2.54. The molecular formula is C16H22N2O4S. The van der Waals surface area contributed by atoms with Gasteiger partial charge >= 0.3 is 0 Å². The maximum Gasteiger partial charge on any atom is 0.246 e. The molecule has 2 rings (SSSR count). The van der Waals surface area contributed by atoms with Gasteiger partial charge in [-0.1, -0.05) is 5.57 Å². The van der Waals surface area contributed by atoms with Crippen LogP contribution in [0.15, 0.2) is 40.8 Å². The van der Waals surface area contributed by atoms with Gasteiger partial charge < -0.3 is 9.64 Å². The van der Waals surface area contributed by atoms with E-state index in [-0.39, 0.29) is 10.8 Å². The Balaban J connectivity index is 2.06. The van der Waals surface area contributed by atoms with Crippen LogP contribution in [0.4, 0.5) is 0 Å². The van der Waals surface area contributed by atoms with E-state index in [1.165, 1.54) is 23.5 Å². The fourth-order valence-corrected chi connectivity index (χ4v) is 3.81. The Bertz CT molecular complexity index is 683. The summed E-state index contributed by atoms with van der Waals surface area (Å²) in [7, 11) is -2.00.